The smallest absolute Gasteiger partial charge is 0.0416 e. The summed E-state index contributed by atoms with van der Waals surface area (Å²) in [5.41, 5.74) is 4.93. The van der Waals surface area contributed by atoms with Crippen molar-refractivity contribution in [3.05, 3.63) is 35.9 Å². The van der Waals surface area contributed by atoms with Gasteiger partial charge in [0.2, 0.25) is 0 Å². The SMILES string of the molecule is C=C(CC)c1c(C)cccc1NC.CC. The normalized spacial score (nSPS) is 8.87. The molecule has 0 saturated carbocycles. The van der Waals surface area contributed by atoms with Crippen LogP contribution in [0.1, 0.15) is 38.3 Å². The van der Waals surface area contributed by atoms with E-state index in [2.05, 4.69) is 43.9 Å². The first-order chi connectivity index (χ1) is 7.20. The van der Waals surface area contributed by atoms with Crippen LogP contribution in [0.5, 0.6) is 0 Å². The van der Waals surface area contributed by atoms with E-state index in [0.29, 0.717) is 0 Å². The largest absolute Gasteiger partial charge is 0.388 e. The lowest BCUT2D eigenvalue weighted by atomic mass is 9.98. The Hall–Kier alpha value is -1.24. The summed E-state index contributed by atoms with van der Waals surface area (Å²) < 4.78 is 0. The number of rotatable bonds is 3. The molecule has 15 heavy (non-hydrogen) atoms. The summed E-state index contributed by atoms with van der Waals surface area (Å²) in [5, 5.41) is 3.19. The maximum absolute atomic E-state index is 4.07. The minimum Gasteiger partial charge on any atom is -0.388 e. The summed E-state index contributed by atoms with van der Waals surface area (Å²) in [4.78, 5) is 0. The standard InChI is InChI=1S/C12H17N.C2H6/c1-5-9(2)12-10(3)7-6-8-11(12)13-4;1-2/h6-8,13H,2,5H2,1,3-4H3;1-2H3. The second-order valence-electron chi connectivity index (χ2n) is 3.20. The lowest BCUT2D eigenvalue weighted by molar-refractivity contribution is 1.23. The highest BCUT2D eigenvalue weighted by atomic mass is 14.8. The Morgan fingerprint density at radius 2 is 1.93 bits per heavy atom. The van der Waals surface area contributed by atoms with Gasteiger partial charge in [0.05, 0.1) is 0 Å². The Kier molecular flexibility index (Phi) is 6.52. The van der Waals surface area contributed by atoms with Gasteiger partial charge in [-0.2, -0.15) is 0 Å². The van der Waals surface area contributed by atoms with E-state index in [9.17, 15) is 0 Å². The molecule has 0 aliphatic carbocycles. The van der Waals surface area contributed by atoms with Crippen LogP contribution in [0.4, 0.5) is 5.69 Å². The topological polar surface area (TPSA) is 12.0 Å². The van der Waals surface area contributed by atoms with Gasteiger partial charge in [-0.15, -0.1) is 0 Å². The van der Waals surface area contributed by atoms with Crippen LogP contribution >= 0.6 is 0 Å². The molecule has 1 N–H and O–H groups in total. The predicted octanol–water partition coefficient (Wildman–Crippen LogP) is 4.49. The Bertz CT molecular complexity index is 313. The van der Waals surface area contributed by atoms with E-state index >= 15 is 0 Å². The lowest BCUT2D eigenvalue weighted by Crippen LogP contribution is -1.96. The van der Waals surface area contributed by atoms with E-state index < -0.39 is 0 Å². The number of hydrogen-bond acceptors (Lipinski definition) is 1. The molecule has 84 valence electrons. The summed E-state index contributed by atoms with van der Waals surface area (Å²) >= 11 is 0. The maximum atomic E-state index is 4.07. The average Bonchev–Trinajstić information content (AvgIpc) is 2.30. The van der Waals surface area contributed by atoms with Crippen LogP contribution in [0.15, 0.2) is 24.8 Å². The minimum absolute atomic E-state index is 1.000. The van der Waals surface area contributed by atoms with E-state index in [1.807, 2.05) is 20.9 Å². The molecule has 0 bridgehead atoms. The van der Waals surface area contributed by atoms with Gasteiger partial charge in [-0.3, -0.25) is 0 Å². The summed E-state index contributed by atoms with van der Waals surface area (Å²) in [7, 11) is 1.95. The van der Waals surface area contributed by atoms with Gasteiger partial charge >= 0.3 is 0 Å². The van der Waals surface area contributed by atoms with E-state index in [1.54, 1.807) is 0 Å². The molecule has 1 aromatic rings. The van der Waals surface area contributed by atoms with Gasteiger partial charge in [-0.25, -0.2) is 0 Å². The van der Waals surface area contributed by atoms with Crippen LogP contribution in [0.2, 0.25) is 0 Å². The number of aryl methyl sites for hydroxylation is 1. The van der Waals surface area contributed by atoms with Crippen molar-refractivity contribution in [3.63, 3.8) is 0 Å². The molecule has 1 heteroatoms. The second kappa shape index (κ2) is 7.10. The average molecular weight is 205 g/mol. The molecule has 0 spiro atoms. The third-order valence-corrected chi connectivity index (χ3v) is 2.32. The number of nitrogens with one attached hydrogen (secondary N) is 1. The van der Waals surface area contributed by atoms with Crippen molar-refractivity contribution in [2.45, 2.75) is 34.1 Å². The molecule has 1 nitrogen and oxygen atoms in total. The zero-order valence-corrected chi connectivity index (χ0v) is 10.6. The van der Waals surface area contributed by atoms with Crippen LogP contribution in [0.3, 0.4) is 0 Å². The predicted molar refractivity (Wildman–Crippen MR) is 71.4 cm³/mol. The highest BCUT2D eigenvalue weighted by molar-refractivity contribution is 5.77. The van der Waals surface area contributed by atoms with Gasteiger partial charge < -0.3 is 5.32 Å². The van der Waals surface area contributed by atoms with Crippen molar-refractivity contribution < 1.29 is 0 Å². The molecule has 0 unspecified atom stereocenters. The maximum Gasteiger partial charge on any atom is 0.0416 e. The first-order valence-electron chi connectivity index (χ1n) is 5.66. The molecule has 0 aliphatic heterocycles. The van der Waals surface area contributed by atoms with E-state index in [4.69, 9.17) is 0 Å². The molecule has 0 aliphatic rings. The summed E-state index contributed by atoms with van der Waals surface area (Å²) in [6.45, 7) is 12.3. The molecule has 0 fully saturated rings. The van der Waals surface area contributed by atoms with Gasteiger partial charge in [-0.05, 0) is 30.5 Å². The fourth-order valence-corrected chi connectivity index (χ4v) is 1.52. The van der Waals surface area contributed by atoms with Crippen LogP contribution in [0.25, 0.3) is 5.57 Å². The first-order valence-corrected chi connectivity index (χ1v) is 5.66. The molecule has 0 amide bonds. The molecule has 0 saturated heterocycles. The third kappa shape index (κ3) is 3.43. The molecule has 0 heterocycles. The molecule has 0 atom stereocenters. The van der Waals surface area contributed by atoms with Gasteiger partial charge in [0.25, 0.3) is 0 Å². The van der Waals surface area contributed by atoms with E-state index in [1.165, 1.54) is 22.4 Å². The number of benzene rings is 1. The molecule has 0 radical (unpaired) electrons. The van der Waals surface area contributed by atoms with E-state index in [0.717, 1.165) is 6.42 Å². The summed E-state index contributed by atoms with van der Waals surface area (Å²) in [6.07, 6.45) is 1.000. The summed E-state index contributed by atoms with van der Waals surface area (Å²) in [6, 6.07) is 6.27. The van der Waals surface area contributed by atoms with Crippen molar-refractivity contribution in [2.75, 3.05) is 12.4 Å². The number of hydrogen-bond donors (Lipinski definition) is 1. The van der Waals surface area contributed by atoms with Crippen molar-refractivity contribution in [1.29, 1.82) is 0 Å². The fraction of sp³-hybridized carbons (Fsp3) is 0.429. The lowest BCUT2D eigenvalue weighted by Gasteiger charge is -2.13. The highest BCUT2D eigenvalue weighted by Gasteiger charge is 2.05. The van der Waals surface area contributed by atoms with Gasteiger partial charge in [-0.1, -0.05) is 39.5 Å². The van der Waals surface area contributed by atoms with Gasteiger partial charge in [0, 0.05) is 18.3 Å². The Balaban J connectivity index is 0.000000921. The van der Waals surface area contributed by atoms with Crippen molar-refractivity contribution in [2.24, 2.45) is 0 Å². The van der Waals surface area contributed by atoms with Crippen LogP contribution < -0.4 is 5.32 Å². The summed E-state index contributed by atoms with van der Waals surface area (Å²) in [5.74, 6) is 0. The molecule has 1 rings (SSSR count). The van der Waals surface area contributed by atoms with Crippen LogP contribution in [-0.4, -0.2) is 7.05 Å². The van der Waals surface area contributed by atoms with Crippen molar-refractivity contribution in [1.82, 2.24) is 0 Å². The van der Waals surface area contributed by atoms with Crippen molar-refractivity contribution >= 4 is 11.3 Å². The number of anilines is 1. The fourth-order valence-electron chi connectivity index (χ4n) is 1.52. The molecular weight excluding hydrogens is 182 g/mol. The molecular formula is C14H23N. The number of allylic oxidation sites excluding steroid dienone is 1. The van der Waals surface area contributed by atoms with Crippen LogP contribution in [-0.2, 0) is 0 Å². The zero-order valence-electron chi connectivity index (χ0n) is 10.6. The highest BCUT2D eigenvalue weighted by Crippen LogP contribution is 2.27. The van der Waals surface area contributed by atoms with E-state index in [-0.39, 0.29) is 0 Å². The van der Waals surface area contributed by atoms with Crippen LogP contribution in [0, 0.1) is 6.92 Å². The van der Waals surface area contributed by atoms with Gasteiger partial charge in [0.1, 0.15) is 0 Å². The quantitative estimate of drug-likeness (QED) is 0.766. The first kappa shape index (κ1) is 13.8. The Morgan fingerprint density at radius 1 is 1.33 bits per heavy atom. The Morgan fingerprint density at radius 3 is 2.40 bits per heavy atom. The monoisotopic (exact) mass is 205 g/mol. The zero-order chi connectivity index (χ0) is 11.8. The van der Waals surface area contributed by atoms with Crippen molar-refractivity contribution in [3.8, 4) is 0 Å². The molecule has 0 aromatic heterocycles. The Labute approximate surface area is 94.2 Å². The minimum atomic E-state index is 1.000. The third-order valence-electron chi connectivity index (χ3n) is 2.32. The second-order valence-corrected chi connectivity index (χ2v) is 3.20. The van der Waals surface area contributed by atoms with Gasteiger partial charge in [0.15, 0.2) is 0 Å². The molecule has 1 aromatic carbocycles.